The topological polar surface area (TPSA) is 0 Å². The van der Waals surface area contributed by atoms with Crippen LogP contribution in [-0.2, 0) is 0 Å². The van der Waals surface area contributed by atoms with Crippen LogP contribution in [0, 0.1) is 6.07 Å². The highest BCUT2D eigenvalue weighted by Gasteiger charge is 1.74. The largest absolute Gasteiger partial charge is 0.143 e. The first-order chi connectivity index (χ1) is 3.39. The molecule has 0 spiro atoms. The maximum Gasteiger partial charge on any atom is 0.0119 e. The van der Waals surface area contributed by atoms with Crippen molar-refractivity contribution in [3.8, 4) is 0 Å². The molecule has 0 saturated carbocycles. The van der Waals surface area contributed by atoms with Crippen LogP contribution in [0.3, 0.4) is 0 Å². The summed E-state index contributed by atoms with van der Waals surface area (Å²) in [6.07, 6.45) is 0. The van der Waals surface area contributed by atoms with Gasteiger partial charge in [0.05, 0.1) is 0 Å². The third-order valence-corrected chi connectivity index (χ3v) is 0.971. The van der Waals surface area contributed by atoms with E-state index in [1.807, 2.05) is 24.3 Å². The van der Waals surface area contributed by atoms with Gasteiger partial charge in [-0.15, -0.1) is 12.6 Å². The summed E-state index contributed by atoms with van der Waals surface area (Å²) in [6, 6.07) is 10.5. The number of rotatable bonds is 0. The first-order valence-electron chi connectivity index (χ1n) is 2.05. The lowest BCUT2D eigenvalue weighted by Gasteiger charge is -1.80. The molecule has 1 radical (unpaired) electrons. The van der Waals surface area contributed by atoms with Crippen LogP contribution in [0.25, 0.3) is 0 Å². The lowest BCUT2D eigenvalue weighted by molar-refractivity contribution is 1.46. The molecule has 0 nitrogen and oxygen atoms in total. The Balaban J connectivity index is 3.02. The van der Waals surface area contributed by atoms with Crippen molar-refractivity contribution in [2.45, 2.75) is 4.90 Å². The van der Waals surface area contributed by atoms with Gasteiger partial charge in [0.2, 0.25) is 0 Å². The van der Waals surface area contributed by atoms with Crippen LogP contribution < -0.4 is 0 Å². The summed E-state index contributed by atoms with van der Waals surface area (Å²) >= 11 is 4.03. The first kappa shape index (κ1) is 4.72. The molecule has 0 heterocycles. The number of benzene rings is 1. The molecule has 0 aromatic heterocycles. The minimum absolute atomic E-state index is 0.891. The molecule has 0 N–H and O–H groups in total. The van der Waals surface area contributed by atoms with Crippen molar-refractivity contribution in [2.24, 2.45) is 0 Å². The van der Waals surface area contributed by atoms with E-state index in [4.69, 9.17) is 0 Å². The average Bonchev–Trinajstić information content (AvgIpc) is 1.69. The van der Waals surface area contributed by atoms with Crippen molar-refractivity contribution < 1.29 is 0 Å². The van der Waals surface area contributed by atoms with Gasteiger partial charge in [-0.25, -0.2) is 0 Å². The molecule has 0 fully saturated rings. The Hall–Kier alpha value is -0.430. The highest BCUT2D eigenvalue weighted by molar-refractivity contribution is 7.80. The Morgan fingerprint density at radius 3 is 2.57 bits per heavy atom. The van der Waals surface area contributed by atoms with Crippen molar-refractivity contribution in [3.63, 3.8) is 0 Å². The maximum absolute atomic E-state index is 4.03. The third kappa shape index (κ3) is 1.24. The lowest BCUT2D eigenvalue weighted by Crippen LogP contribution is -1.58. The molecule has 0 amide bonds. The zero-order valence-electron chi connectivity index (χ0n) is 3.76. The summed E-state index contributed by atoms with van der Waals surface area (Å²) in [5.74, 6) is 0. The van der Waals surface area contributed by atoms with Crippen molar-refractivity contribution in [3.05, 3.63) is 30.3 Å². The van der Waals surface area contributed by atoms with E-state index >= 15 is 0 Å². The van der Waals surface area contributed by atoms with Crippen molar-refractivity contribution in [1.29, 1.82) is 0 Å². The Labute approximate surface area is 48.6 Å². The predicted octanol–water partition coefficient (Wildman–Crippen LogP) is 1.78. The molecule has 35 valence electrons. The van der Waals surface area contributed by atoms with E-state index in [9.17, 15) is 0 Å². The molecule has 0 aliphatic carbocycles. The maximum atomic E-state index is 4.03. The molecule has 7 heavy (non-hydrogen) atoms. The van der Waals surface area contributed by atoms with Crippen LogP contribution in [0.5, 0.6) is 0 Å². The minimum Gasteiger partial charge on any atom is -0.143 e. The second-order valence-corrected chi connectivity index (χ2v) is 1.73. The SMILES string of the molecule is Sc1[c]cccc1. The van der Waals surface area contributed by atoms with E-state index in [0.717, 1.165) is 4.90 Å². The molecule has 0 saturated heterocycles. The van der Waals surface area contributed by atoms with Gasteiger partial charge >= 0.3 is 0 Å². The molecular formula is C6H5S. The minimum atomic E-state index is 0.891. The average molecular weight is 109 g/mol. The fraction of sp³-hybridized carbons (Fsp3) is 0. The summed E-state index contributed by atoms with van der Waals surface area (Å²) in [5, 5.41) is 0. The molecular weight excluding hydrogens is 104 g/mol. The highest BCUT2D eigenvalue weighted by Crippen LogP contribution is 1.99. The second kappa shape index (κ2) is 2.03. The fourth-order valence-electron chi connectivity index (χ4n) is 0.384. The molecule has 1 heteroatoms. The normalized spacial score (nSPS) is 8.71. The quantitative estimate of drug-likeness (QED) is 0.482. The molecule has 0 bridgehead atoms. The van der Waals surface area contributed by atoms with Crippen LogP contribution in [0.15, 0.2) is 29.2 Å². The monoisotopic (exact) mass is 109 g/mol. The smallest absolute Gasteiger partial charge is 0.0119 e. The number of hydrogen-bond acceptors (Lipinski definition) is 1. The van der Waals surface area contributed by atoms with Gasteiger partial charge in [0.1, 0.15) is 0 Å². The van der Waals surface area contributed by atoms with Crippen LogP contribution in [-0.4, -0.2) is 0 Å². The third-order valence-electron chi connectivity index (χ3n) is 0.693. The zero-order valence-corrected chi connectivity index (χ0v) is 4.65. The highest BCUT2D eigenvalue weighted by atomic mass is 32.1. The molecule has 1 aromatic carbocycles. The van der Waals surface area contributed by atoms with Gasteiger partial charge in [0, 0.05) is 4.90 Å². The molecule has 1 aromatic rings. The van der Waals surface area contributed by atoms with Crippen LogP contribution in [0.4, 0.5) is 0 Å². The van der Waals surface area contributed by atoms with Crippen LogP contribution >= 0.6 is 12.6 Å². The first-order valence-corrected chi connectivity index (χ1v) is 2.50. The summed E-state index contributed by atoms with van der Waals surface area (Å²) in [7, 11) is 0. The van der Waals surface area contributed by atoms with Crippen molar-refractivity contribution in [1.82, 2.24) is 0 Å². The van der Waals surface area contributed by atoms with Crippen LogP contribution in [0.2, 0.25) is 0 Å². The van der Waals surface area contributed by atoms with Crippen LogP contribution in [0.1, 0.15) is 0 Å². The summed E-state index contributed by atoms with van der Waals surface area (Å²) < 4.78 is 0. The standard InChI is InChI=1S/C6H5S/c7-6-4-2-1-3-5-6/h1-4,7H. The zero-order chi connectivity index (χ0) is 5.11. The van der Waals surface area contributed by atoms with Gasteiger partial charge in [0.25, 0.3) is 0 Å². The lowest BCUT2D eigenvalue weighted by atomic mass is 10.4. The Morgan fingerprint density at radius 1 is 1.43 bits per heavy atom. The van der Waals surface area contributed by atoms with Crippen molar-refractivity contribution >= 4 is 12.6 Å². The number of thiol groups is 1. The molecule has 0 aliphatic heterocycles. The molecule has 0 aliphatic rings. The van der Waals surface area contributed by atoms with E-state index in [1.54, 1.807) is 0 Å². The van der Waals surface area contributed by atoms with E-state index in [0.29, 0.717) is 0 Å². The van der Waals surface area contributed by atoms with E-state index in [2.05, 4.69) is 18.7 Å². The predicted molar refractivity (Wildman–Crippen MR) is 32.5 cm³/mol. The molecule has 1 rings (SSSR count). The summed E-state index contributed by atoms with van der Waals surface area (Å²) in [5.41, 5.74) is 0. The molecule has 0 atom stereocenters. The van der Waals surface area contributed by atoms with E-state index in [-0.39, 0.29) is 0 Å². The second-order valence-electron chi connectivity index (χ2n) is 1.25. The van der Waals surface area contributed by atoms with Gasteiger partial charge in [-0.1, -0.05) is 18.2 Å². The number of hydrogen-bond donors (Lipinski definition) is 1. The van der Waals surface area contributed by atoms with E-state index in [1.165, 1.54) is 0 Å². The Kier molecular flexibility index (Phi) is 1.37. The fourth-order valence-corrected chi connectivity index (χ4v) is 0.544. The Bertz CT molecular complexity index is 134. The van der Waals surface area contributed by atoms with Gasteiger partial charge in [-0.3, -0.25) is 0 Å². The molecule has 0 unspecified atom stereocenters. The van der Waals surface area contributed by atoms with Gasteiger partial charge in [-0.2, -0.15) is 0 Å². The summed E-state index contributed by atoms with van der Waals surface area (Å²) in [6.45, 7) is 0. The van der Waals surface area contributed by atoms with Crippen molar-refractivity contribution in [2.75, 3.05) is 0 Å². The van der Waals surface area contributed by atoms with Gasteiger partial charge < -0.3 is 0 Å². The Morgan fingerprint density at radius 2 is 2.29 bits per heavy atom. The van der Waals surface area contributed by atoms with E-state index < -0.39 is 0 Å². The van der Waals surface area contributed by atoms with Gasteiger partial charge in [-0.05, 0) is 12.1 Å². The summed E-state index contributed by atoms with van der Waals surface area (Å²) in [4.78, 5) is 0.891. The van der Waals surface area contributed by atoms with Gasteiger partial charge in [0.15, 0.2) is 0 Å².